The van der Waals surface area contributed by atoms with Crippen molar-refractivity contribution in [1.82, 2.24) is 5.32 Å². The van der Waals surface area contributed by atoms with Crippen LogP contribution in [0.1, 0.15) is 49.4 Å². The monoisotopic (exact) mass is 274 g/mol. The lowest BCUT2D eigenvalue weighted by atomic mass is 9.88. The second-order valence-corrected chi connectivity index (χ2v) is 5.23. The van der Waals surface area contributed by atoms with Crippen LogP contribution in [-0.4, -0.2) is 18.4 Å². The molecule has 1 saturated carbocycles. The van der Waals surface area contributed by atoms with Crippen molar-refractivity contribution in [3.05, 3.63) is 29.8 Å². The third-order valence-electron chi connectivity index (χ3n) is 3.74. The van der Waals surface area contributed by atoms with Gasteiger partial charge in [0.2, 0.25) is 5.91 Å². The van der Waals surface area contributed by atoms with E-state index in [-0.39, 0.29) is 17.7 Å². The standard InChI is InChI=1S/C16H22N2O2/c1-2-17-16(20)13-10-6-7-11-14(13)18-15(19)12-8-4-3-5-9-12/h6-7,10-12H,2-5,8-9H2,1H3,(H,17,20)(H,18,19). The number of hydrogen-bond donors (Lipinski definition) is 2. The van der Waals surface area contributed by atoms with Gasteiger partial charge in [-0.3, -0.25) is 9.59 Å². The van der Waals surface area contributed by atoms with Gasteiger partial charge in [0, 0.05) is 12.5 Å². The summed E-state index contributed by atoms with van der Waals surface area (Å²) in [5.74, 6) is -0.0143. The Morgan fingerprint density at radius 1 is 1.15 bits per heavy atom. The van der Waals surface area contributed by atoms with E-state index in [9.17, 15) is 9.59 Å². The zero-order valence-electron chi connectivity index (χ0n) is 11.9. The van der Waals surface area contributed by atoms with Crippen LogP contribution in [0.25, 0.3) is 0 Å². The van der Waals surface area contributed by atoms with Gasteiger partial charge >= 0.3 is 0 Å². The molecule has 0 aliphatic heterocycles. The van der Waals surface area contributed by atoms with Crippen LogP contribution in [0.15, 0.2) is 24.3 Å². The van der Waals surface area contributed by atoms with E-state index in [4.69, 9.17) is 0 Å². The van der Waals surface area contributed by atoms with Gasteiger partial charge in [0.15, 0.2) is 0 Å². The molecule has 20 heavy (non-hydrogen) atoms. The Kier molecular flexibility index (Phi) is 5.16. The Balaban J connectivity index is 2.08. The van der Waals surface area contributed by atoms with Crippen LogP contribution >= 0.6 is 0 Å². The highest BCUT2D eigenvalue weighted by atomic mass is 16.2. The van der Waals surface area contributed by atoms with Crippen LogP contribution in [0, 0.1) is 5.92 Å². The second kappa shape index (κ2) is 7.08. The Hall–Kier alpha value is -1.84. The molecule has 4 heteroatoms. The van der Waals surface area contributed by atoms with Crippen LogP contribution in [0.4, 0.5) is 5.69 Å². The summed E-state index contributed by atoms with van der Waals surface area (Å²) in [4.78, 5) is 24.2. The molecule has 1 aliphatic carbocycles. The highest BCUT2D eigenvalue weighted by molar-refractivity contribution is 6.04. The molecule has 4 nitrogen and oxygen atoms in total. The minimum atomic E-state index is -0.146. The second-order valence-electron chi connectivity index (χ2n) is 5.23. The Bertz CT molecular complexity index is 479. The molecule has 0 radical (unpaired) electrons. The van der Waals surface area contributed by atoms with Crippen LogP contribution < -0.4 is 10.6 Å². The van der Waals surface area contributed by atoms with E-state index < -0.39 is 0 Å². The first-order chi connectivity index (χ1) is 9.72. The van der Waals surface area contributed by atoms with Gasteiger partial charge < -0.3 is 10.6 Å². The molecule has 2 rings (SSSR count). The van der Waals surface area contributed by atoms with Gasteiger partial charge in [-0.2, -0.15) is 0 Å². The predicted molar refractivity (Wildman–Crippen MR) is 79.7 cm³/mol. The Morgan fingerprint density at radius 2 is 1.85 bits per heavy atom. The van der Waals surface area contributed by atoms with E-state index in [1.165, 1.54) is 6.42 Å². The van der Waals surface area contributed by atoms with Crippen molar-refractivity contribution in [1.29, 1.82) is 0 Å². The summed E-state index contributed by atoms with van der Waals surface area (Å²) in [6.45, 7) is 2.45. The number of carbonyl (C=O) groups is 2. The zero-order valence-corrected chi connectivity index (χ0v) is 11.9. The number of anilines is 1. The summed E-state index contributed by atoms with van der Waals surface area (Å²) in [5, 5.41) is 5.68. The zero-order chi connectivity index (χ0) is 14.4. The Labute approximate surface area is 119 Å². The molecule has 1 aliphatic rings. The van der Waals surface area contributed by atoms with Gasteiger partial charge in [-0.15, -0.1) is 0 Å². The number of hydrogen-bond acceptors (Lipinski definition) is 2. The van der Waals surface area contributed by atoms with Gasteiger partial charge in [-0.25, -0.2) is 0 Å². The lowest BCUT2D eigenvalue weighted by Gasteiger charge is -2.21. The number of para-hydroxylation sites is 1. The molecule has 0 heterocycles. The van der Waals surface area contributed by atoms with Crippen molar-refractivity contribution in [2.75, 3.05) is 11.9 Å². The average Bonchev–Trinajstić information content (AvgIpc) is 2.49. The van der Waals surface area contributed by atoms with Crippen molar-refractivity contribution in [2.24, 2.45) is 5.92 Å². The molecular formula is C16H22N2O2. The summed E-state index contributed by atoms with van der Waals surface area (Å²) in [7, 11) is 0. The first-order valence-corrected chi connectivity index (χ1v) is 7.40. The number of carbonyl (C=O) groups excluding carboxylic acids is 2. The van der Waals surface area contributed by atoms with Gasteiger partial charge in [-0.1, -0.05) is 31.4 Å². The summed E-state index contributed by atoms with van der Waals surface area (Å²) in [6, 6.07) is 7.16. The highest BCUT2D eigenvalue weighted by Crippen LogP contribution is 2.25. The van der Waals surface area contributed by atoms with Crippen LogP contribution in [-0.2, 0) is 4.79 Å². The number of benzene rings is 1. The molecule has 108 valence electrons. The van der Waals surface area contributed by atoms with Gasteiger partial charge in [0.1, 0.15) is 0 Å². The van der Waals surface area contributed by atoms with Gasteiger partial charge in [0.05, 0.1) is 11.3 Å². The average molecular weight is 274 g/mol. The van der Waals surface area contributed by atoms with E-state index in [1.807, 2.05) is 13.0 Å². The minimum absolute atomic E-state index is 0.0430. The summed E-state index contributed by atoms with van der Waals surface area (Å²) < 4.78 is 0. The smallest absolute Gasteiger partial charge is 0.253 e. The number of rotatable bonds is 4. The van der Waals surface area contributed by atoms with Crippen molar-refractivity contribution in [2.45, 2.75) is 39.0 Å². The maximum atomic E-state index is 12.3. The van der Waals surface area contributed by atoms with Gasteiger partial charge in [0.25, 0.3) is 5.91 Å². The van der Waals surface area contributed by atoms with Crippen molar-refractivity contribution < 1.29 is 9.59 Å². The topological polar surface area (TPSA) is 58.2 Å². The molecule has 0 bridgehead atoms. The molecule has 2 amide bonds. The minimum Gasteiger partial charge on any atom is -0.352 e. The molecule has 0 aromatic heterocycles. The van der Waals surface area contributed by atoms with Crippen molar-refractivity contribution >= 4 is 17.5 Å². The maximum Gasteiger partial charge on any atom is 0.253 e. The fourth-order valence-corrected chi connectivity index (χ4v) is 2.65. The SMILES string of the molecule is CCNC(=O)c1ccccc1NC(=O)C1CCCCC1. The number of amides is 2. The first-order valence-electron chi connectivity index (χ1n) is 7.40. The highest BCUT2D eigenvalue weighted by Gasteiger charge is 2.22. The molecule has 1 aromatic rings. The van der Waals surface area contributed by atoms with Crippen molar-refractivity contribution in [3.63, 3.8) is 0 Å². The maximum absolute atomic E-state index is 12.3. The molecule has 0 atom stereocenters. The van der Waals surface area contributed by atoms with Crippen molar-refractivity contribution in [3.8, 4) is 0 Å². The van der Waals surface area contributed by atoms with Gasteiger partial charge in [-0.05, 0) is 31.9 Å². The van der Waals surface area contributed by atoms with E-state index in [1.54, 1.807) is 18.2 Å². The number of nitrogens with one attached hydrogen (secondary N) is 2. The fraction of sp³-hybridized carbons (Fsp3) is 0.500. The van der Waals surface area contributed by atoms with E-state index in [0.717, 1.165) is 25.7 Å². The molecule has 0 unspecified atom stereocenters. The normalized spacial score (nSPS) is 15.7. The molecule has 2 N–H and O–H groups in total. The van der Waals surface area contributed by atoms with E-state index >= 15 is 0 Å². The van der Waals surface area contributed by atoms with Crippen LogP contribution in [0.2, 0.25) is 0 Å². The summed E-state index contributed by atoms with van der Waals surface area (Å²) in [6.07, 6.45) is 5.37. The third-order valence-corrected chi connectivity index (χ3v) is 3.74. The Morgan fingerprint density at radius 3 is 2.55 bits per heavy atom. The quantitative estimate of drug-likeness (QED) is 0.887. The predicted octanol–water partition coefficient (Wildman–Crippen LogP) is 2.96. The summed E-state index contributed by atoms with van der Waals surface area (Å²) in [5.41, 5.74) is 1.13. The molecule has 1 fully saturated rings. The summed E-state index contributed by atoms with van der Waals surface area (Å²) >= 11 is 0. The molecule has 1 aromatic carbocycles. The fourth-order valence-electron chi connectivity index (χ4n) is 2.65. The third kappa shape index (κ3) is 3.59. The van der Waals surface area contributed by atoms with Crippen LogP contribution in [0.5, 0.6) is 0 Å². The largest absolute Gasteiger partial charge is 0.352 e. The molecule has 0 spiro atoms. The van der Waals surface area contributed by atoms with E-state index in [2.05, 4.69) is 10.6 Å². The lowest BCUT2D eigenvalue weighted by molar-refractivity contribution is -0.120. The lowest BCUT2D eigenvalue weighted by Crippen LogP contribution is -2.28. The first kappa shape index (κ1) is 14.6. The van der Waals surface area contributed by atoms with Crippen LogP contribution in [0.3, 0.4) is 0 Å². The molecule has 0 saturated heterocycles. The molecular weight excluding hydrogens is 252 g/mol. The van der Waals surface area contributed by atoms with E-state index in [0.29, 0.717) is 17.8 Å².